The zero-order valence-electron chi connectivity index (χ0n) is 23.8. The third kappa shape index (κ3) is 5.37. The van der Waals surface area contributed by atoms with Gasteiger partial charge in [0, 0.05) is 0 Å². The first-order valence-electron chi connectivity index (χ1n) is 12.4. The van der Waals surface area contributed by atoms with E-state index in [-0.39, 0.29) is 32.0 Å². The van der Waals surface area contributed by atoms with Gasteiger partial charge in [-0.1, -0.05) is 45.2 Å². The Kier molecular flexibility index (Phi) is 9.28. The first-order chi connectivity index (χ1) is 20.5. The monoisotopic (exact) mass is 602 g/mol. The molecule has 1 aromatic carbocycles. The largest absolute Gasteiger partial charge is 0.406 e. The van der Waals surface area contributed by atoms with E-state index in [9.17, 15) is 4.79 Å². The van der Waals surface area contributed by atoms with Gasteiger partial charge in [-0.05, 0) is 37.5 Å². The maximum absolute atomic E-state index is 13.5. The Bertz CT molecular complexity index is 1760. The average molecular weight is 600 g/mol. The summed E-state index contributed by atoms with van der Waals surface area (Å²) in [6.45, 7) is 0. The molecule has 0 bridgehead atoms. The Morgan fingerprint density at radius 1 is 0.739 bits per heavy atom. The molecule has 1 saturated heterocycles. The number of H-pyrrole nitrogens is 1. The lowest BCUT2D eigenvalue weighted by Crippen LogP contribution is -2.92. The van der Waals surface area contributed by atoms with Crippen LogP contribution >= 0.6 is 23.2 Å². The lowest BCUT2D eigenvalue weighted by atomic mass is 9.26. The van der Waals surface area contributed by atoms with Gasteiger partial charge >= 0.3 is 0 Å². The smallest absolute Gasteiger partial charge is 0.278 e. The van der Waals surface area contributed by atoms with Gasteiger partial charge in [0.15, 0.2) is 19.0 Å². The van der Waals surface area contributed by atoms with Crippen LogP contribution in [0.4, 0.5) is 5.95 Å². The quantitative estimate of drug-likeness (QED) is 0.274. The van der Waals surface area contributed by atoms with Crippen molar-refractivity contribution in [3.05, 3.63) is 26.0 Å². The van der Waals surface area contributed by atoms with Gasteiger partial charge in [0.25, 0.3) is 5.56 Å². The van der Waals surface area contributed by atoms with Crippen LogP contribution in [-0.2, 0) is 15.4 Å². The van der Waals surface area contributed by atoms with Crippen LogP contribution in [0, 0.1) is 0 Å². The standard InChI is InChI=1S/C18H2B18Cl2N6O2/c19-2-1(3(20)5(37)6(38)4(2)21)12(23,24)42-11-40-8-7(9(45)41-11)43(10(22)39-8)13(25,26)14(27,28)44-15(29,30)17(33,34)46-18(35,36)16(44,31)32/h(H2,40,41,42,45). The molecule has 8 nitrogen and oxygen atoms in total. The molecule has 28 heteroatoms. The number of hydrogen-bond donors (Lipinski definition) is 2. The molecular weight excluding hydrogens is 598 g/mol. The second-order valence-corrected chi connectivity index (χ2v) is 11.7. The van der Waals surface area contributed by atoms with E-state index in [2.05, 4.69) is 20.3 Å². The topological polar surface area (TPSA) is 88.1 Å². The fraction of sp³-hybridized carbons (Fsp3) is 0.389. The third-order valence-corrected chi connectivity index (χ3v) is 8.38. The lowest BCUT2D eigenvalue weighted by molar-refractivity contribution is -0.126. The molecule has 3 aromatic rings. The average Bonchev–Trinajstić information content (AvgIpc) is 3.20. The molecule has 2 aromatic heterocycles. The minimum absolute atomic E-state index is 0.138. The highest BCUT2D eigenvalue weighted by Crippen LogP contribution is 2.45. The first kappa shape index (κ1) is 37.9. The van der Waals surface area contributed by atoms with Crippen LogP contribution in [0.25, 0.3) is 11.2 Å². The number of rotatable bonds is 6. The molecule has 0 saturated carbocycles. The summed E-state index contributed by atoms with van der Waals surface area (Å²) in [4.78, 5) is 24.4. The summed E-state index contributed by atoms with van der Waals surface area (Å²) in [5.74, 6) is -0.409. The summed E-state index contributed by atoms with van der Waals surface area (Å²) in [5.41, 5.74) is -3.39. The fourth-order valence-corrected chi connectivity index (χ4v) is 5.36. The Morgan fingerprint density at radius 2 is 1.22 bits per heavy atom. The van der Waals surface area contributed by atoms with E-state index in [1.807, 2.05) is 0 Å². The van der Waals surface area contributed by atoms with Gasteiger partial charge in [-0.25, -0.2) is 4.98 Å². The molecule has 1 aliphatic heterocycles. The predicted molar refractivity (Wildman–Crippen MR) is 197 cm³/mol. The highest BCUT2D eigenvalue weighted by atomic mass is 35.5. The van der Waals surface area contributed by atoms with Crippen molar-refractivity contribution in [1.29, 1.82) is 0 Å². The number of benzene rings is 1. The van der Waals surface area contributed by atoms with Crippen molar-refractivity contribution in [2.24, 2.45) is 0 Å². The summed E-state index contributed by atoms with van der Waals surface area (Å²) < 4.78 is 5.81. The number of hydrogen-bond acceptors (Lipinski definition) is 6. The molecule has 3 heterocycles. The Morgan fingerprint density at radius 3 is 1.72 bits per heavy atom. The van der Waals surface area contributed by atoms with Crippen LogP contribution in [-0.4, -0.2) is 192 Å². The highest BCUT2D eigenvalue weighted by molar-refractivity contribution is 6.64. The summed E-state index contributed by atoms with van der Waals surface area (Å²) in [6.07, 6.45) is 0. The molecule has 1 fully saturated rings. The summed E-state index contributed by atoms with van der Waals surface area (Å²) in [5, 5.41) is -16.5. The highest BCUT2D eigenvalue weighted by Gasteiger charge is 2.62. The van der Waals surface area contributed by atoms with Gasteiger partial charge in [0.2, 0.25) is 5.95 Å². The number of aromatic nitrogens is 4. The Balaban J connectivity index is 1.87. The maximum Gasteiger partial charge on any atom is 0.278 e. The summed E-state index contributed by atoms with van der Waals surface area (Å²) in [7, 11) is 111. The van der Waals surface area contributed by atoms with Crippen LogP contribution < -0.4 is 33.0 Å². The van der Waals surface area contributed by atoms with Crippen molar-refractivity contribution in [1.82, 2.24) is 24.4 Å². The van der Waals surface area contributed by atoms with Gasteiger partial charge in [-0.15, -0.1) is 0 Å². The molecule has 1 aliphatic rings. The van der Waals surface area contributed by atoms with Gasteiger partial charge in [0.05, 0.1) is 126 Å². The SMILES string of the molecule is [B]c1c([B])c(C([B])([B])Nc2nc3nc([B])n(C([B])([B])C([B])([B])N4C([B])([B])C([B])([B])OC([B])([B])C4([B])[B])c3c(=O)[nH]2)c([B])c(Cl)c1Cl. The molecular formula is C18H2B18Cl2N6O2. The van der Waals surface area contributed by atoms with E-state index in [1.54, 1.807) is 0 Å². The van der Waals surface area contributed by atoms with Crippen LogP contribution in [0.2, 0.25) is 10.0 Å². The summed E-state index contributed by atoms with van der Waals surface area (Å²) in [6, 6.07) is 0. The van der Waals surface area contributed by atoms with E-state index in [1.165, 1.54) is 0 Å². The Hall–Kier alpha value is -0.961. The van der Waals surface area contributed by atoms with Crippen LogP contribution in [0.1, 0.15) is 5.56 Å². The van der Waals surface area contributed by atoms with Gasteiger partial charge < -0.3 is 19.5 Å². The number of morpholine rings is 1. The van der Waals surface area contributed by atoms with Crippen molar-refractivity contribution < 1.29 is 4.74 Å². The minimum Gasteiger partial charge on any atom is -0.406 e. The zero-order chi connectivity index (χ0) is 35.5. The molecule has 0 unspecified atom stereocenters. The number of nitrogens with one attached hydrogen (secondary N) is 2. The predicted octanol–water partition coefficient (Wildman–Crippen LogP) is -9.61. The number of ether oxygens (including phenoxy) is 1. The van der Waals surface area contributed by atoms with E-state index < -0.39 is 65.9 Å². The fourth-order valence-electron chi connectivity index (χ4n) is 4.96. The van der Waals surface area contributed by atoms with Crippen LogP contribution in [0.5, 0.6) is 0 Å². The second kappa shape index (κ2) is 11.3. The number of imidazole rings is 1. The molecule has 2 N–H and O–H groups in total. The van der Waals surface area contributed by atoms with E-state index in [4.69, 9.17) is 169 Å². The van der Waals surface area contributed by atoms with Crippen LogP contribution in [0.3, 0.4) is 0 Å². The number of fused-ring (bicyclic) bond motifs is 1. The first-order valence-corrected chi connectivity index (χ1v) is 13.2. The maximum atomic E-state index is 13.5. The third-order valence-electron chi connectivity index (χ3n) is 7.49. The normalized spacial score (nSPS) is 19.5. The zero-order valence-corrected chi connectivity index (χ0v) is 25.3. The number of anilines is 1. The lowest BCUT2D eigenvalue weighted by Gasteiger charge is -2.76. The second-order valence-electron chi connectivity index (χ2n) is 11.0. The molecule has 36 radical (unpaired) electrons. The molecule has 0 aliphatic carbocycles. The van der Waals surface area contributed by atoms with Gasteiger partial charge in [-0.3, -0.25) is 9.78 Å². The van der Waals surface area contributed by atoms with Crippen LogP contribution in [0.15, 0.2) is 4.79 Å². The van der Waals surface area contributed by atoms with Crippen molar-refractivity contribution >= 4 is 204 Å². The molecule has 0 amide bonds. The number of aromatic amines is 1. The van der Waals surface area contributed by atoms with Gasteiger partial charge in [0.1, 0.15) is 23.5 Å². The molecule has 184 valence electrons. The summed E-state index contributed by atoms with van der Waals surface area (Å²) >= 11 is 12.2. The van der Waals surface area contributed by atoms with E-state index >= 15 is 0 Å². The minimum atomic E-state index is -2.92. The van der Waals surface area contributed by atoms with Crippen molar-refractivity contribution in [3.8, 4) is 0 Å². The van der Waals surface area contributed by atoms with Crippen molar-refractivity contribution in [2.75, 3.05) is 5.32 Å². The van der Waals surface area contributed by atoms with Crippen molar-refractivity contribution in [3.63, 3.8) is 0 Å². The number of nitrogens with zero attached hydrogens (tertiary/aromatic N) is 4. The van der Waals surface area contributed by atoms with E-state index in [0.717, 1.165) is 0 Å². The molecule has 0 atom stereocenters. The molecule has 0 spiro atoms. The molecule has 4 rings (SSSR count). The Labute approximate surface area is 300 Å². The van der Waals surface area contributed by atoms with Gasteiger partial charge in [-0.2, -0.15) is 4.98 Å². The molecule has 46 heavy (non-hydrogen) atoms. The van der Waals surface area contributed by atoms with E-state index in [0.29, 0.717) is 9.47 Å². The van der Waals surface area contributed by atoms with Crippen molar-refractivity contribution in [2.45, 2.75) is 37.5 Å². The number of halogens is 2.